The fourth-order valence-corrected chi connectivity index (χ4v) is 6.17. The van der Waals surface area contributed by atoms with Gasteiger partial charge in [0.1, 0.15) is 17.5 Å². The molecule has 0 unspecified atom stereocenters. The van der Waals surface area contributed by atoms with Gasteiger partial charge in [-0.3, -0.25) is 14.6 Å². The number of piperidine rings is 1. The highest BCUT2D eigenvalue weighted by Gasteiger charge is 2.40. The third-order valence-electron chi connectivity index (χ3n) is 8.41. The van der Waals surface area contributed by atoms with Gasteiger partial charge in [-0.05, 0) is 79.7 Å². The highest BCUT2D eigenvalue weighted by Crippen LogP contribution is 2.41. The van der Waals surface area contributed by atoms with Gasteiger partial charge in [0.15, 0.2) is 0 Å². The lowest BCUT2D eigenvalue weighted by Crippen LogP contribution is -2.41. The number of likely N-dealkylation sites (tertiary alicyclic amines) is 2. The molecule has 4 heterocycles. The van der Waals surface area contributed by atoms with Gasteiger partial charge < -0.3 is 14.9 Å². The van der Waals surface area contributed by atoms with Crippen LogP contribution in [-0.4, -0.2) is 66.7 Å². The maximum atomic E-state index is 13.6. The lowest BCUT2D eigenvalue weighted by atomic mass is 9.77. The van der Waals surface area contributed by atoms with E-state index >= 15 is 0 Å². The number of amides is 1. The smallest absolute Gasteiger partial charge is 0.254 e. The number of aromatic nitrogens is 4. The minimum Gasteiger partial charge on any atom is -0.347 e. The average Bonchev–Trinajstić information content (AvgIpc) is 3.74. The van der Waals surface area contributed by atoms with E-state index < -0.39 is 0 Å². The van der Waals surface area contributed by atoms with Crippen molar-refractivity contribution in [2.24, 2.45) is 5.41 Å². The van der Waals surface area contributed by atoms with Crippen LogP contribution >= 0.6 is 0 Å². The topological polar surface area (TPSA) is 84.2 Å². The summed E-state index contributed by atoms with van der Waals surface area (Å²) in [6.45, 7) is 6.82. The van der Waals surface area contributed by atoms with Crippen LogP contribution in [0.15, 0.2) is 73.3 Å². The van der Waals surface area contributed by atoms with Crippen LogP contribution < -0.4 is 0 Å². The molecule has 0 aliphatic carbocycles. The molecule has 2 aliphatic rings. The van der Waals surface area contributed by atoms with E-state index in [1.807, 2.05) is 18.2 Å². The number of carbonyl (C=O) groups excluding carboxylic acids is 1. The summed E-state index contributed by atoms with van der Waals surface area (Å²) in [5.74, 6) is 1.26. The van der Waals surface area contributed by atoms with Gasteiger partial charge in [0.05, 0.1) is 13.1 Å². The van der Waals surface area contributed by atoms with Gasteiger partial charge >= 0.3 is 0 Å². The van der Waals surface area contributed by atoms with E-state index in [-0.39, 0.29) is 11.7 Å². The second-order valence-corrected chi connectivity index (χ2v) is 11.3. The molecular weight excluding hydrogens is 505 g/mol. The summed E-state index contributed by atoms with van der Waals surface area (Å²) < 4.78 is 13.6. The van der Waals surface area contributed by atoms with E-state index in [2.05, 4.69) is 41.9 Å². The second-order valence-electron chi connectivity index (χ2n) is 11.3. The number of hydrogen-bond acceptors (Lipinski definition) is 5. The number of H-pyrrole nitrogens is 2. The number of halogens is 1. The molecule has 2 N–H and O–H groups in total. The molecule has 2 aliphatic heterocycles. The van der Waals surface area contributed by atoms with Crippen molar-refractivity contribution in [2.45, 2.75) is 45.4 Å². The maximum absolute atomic E-state index is 13.6. The number of imidazole rings is 2. The van der Waals surface area contributed by atoms with Crippen LogP contribution in [0.1, 0.15) is 52.4 Å². The average molecular weight is 542 g/mol. The quantitative estimate of drug-likeness (QED) is 0.324. The fourth-order valence-electron chi connectivity index (χ4n) is 6.17. The Hall–Kier alpha value is -3.82. The van der Waals surface area contributed by atoms with Gasteiger partial charge in [0, 0.05) is 50.0 Å². The number of nitrogens with one attached hydrogen (secondary N) is 2. The molecule has 2 aromatic carbocycles. The zero-order valence-electron chi connectivity index (χ0n) is 22.7. The summed E-state index contributed by atoms with van der Waals surface area (Å²) in [6, 6.07) is 15.0. The zero-order chi connectivity index (χ0) is 27.4. The Morgan fingerprint density at radius 1 is 0.850 bits per heavy atom. The molecule has 4 aromatic rings. The molecule has 6 rings (SSSR count). The molecule has 208 valence electrons. The molecule has 40 heavy (non-hydrogen) atoms. The van der Waals surface area contributed by atoms with Crippen molar-refractivity contribution in [1.29, 1.82) is 0 Å². The number of rotatable bonds is 9. The molecular formula is C31H36FN7O. The Kier molecular flexibility index (Phi) is 7.75. The van der Waals surface area contributed by atoms with E-state index in [9.17, 15) is 9.18 Å². The number of hydrogen-bond donors (Lipinski definition) is 2. The Labute approximate surface area is 234 Å². The van der Waals surface area contributed by atoms with Crippen LogP contribution in [0.2, 0.25) is 0 Å². The van der Waals surface area contributed by atoms with Crippen LogP contribution in [0.4, 0.5) is 4.39 Å². The van der Waals surface area contributed by atoms with Crippen molar-refractivity contribution >= 4 is 5.91 Å². The van der Waals surface area contributed by atoms with E-state index in [0.717, 1.165) is 56.5 Å². The monoisotopic (exact) mass is 541 g/mol. The summed E-state index contributed by atoms with van der Waals surface area (Å²) in [7, 11) is 0. The first kappa shape index (κ1) is 26.4. The molecule has 8 nitrogen and oxygen atoms in total. The number of carbonyl (C=O) groups is 1. The normalized spacial score (nSPS) is 17.4. The molecule has 2 fully saturated rings. The predicted molar refractivity (Wildman–Crippen MR) is 150 cm³/mol. The summed E-state index contributed by atoms with van der Waals surface area (Å²) in [4.78, 5) is 34.9. The number of aromatic amines is 2. The van der Waals surface area contributed by atoms with Crippen LogP contribution in [0.5, 0.6) is 0 Å². The molecule has 0 radical (unpaired) electrons. The Bertz CT molecular complexity index is 1340. The van der Waals surface area contributed by atoms with Crippen molar-refractivity contribution in [3.05, 3.63) is 107 Å². The zero-order valence-corrected chi connectivity index (χ0v) is 22.7. The van der Waals surface area contributed by atoms with Crippen LogP contribution in [0, 0.1) is 11.2 Å². The fraction of sp³-hybridized carbons (Fsp3) is 0.387. The standard InChI is InChI=1S/C31H36FN7O/c32-27-3-1-2-25(18-27)20-37-15-8-31(9-16-37)10-17-38(23-31)19-24-4-6-26(7-5-24)30(40)39(21-28-33-11-12-34-28)22-29-35-13-14-36-29/h1-7,11-14,18H,8-10,15-17,19-23H2,(H,33,34)(H,35,36). The SMILES string of the molecule is O=C(c1ccc(CN2CCC3(CCN(Cc4cccc(F)c4)CC3)C2)cc1)N(Cc1ncc[nH]1)Cc1ncc[nH]1. The van der Waals surface area contributed by atoms with Crippen molar-refractivity contribution in [3.63, 3.8) is 0 Å². The number of benzene rings is 2. The molecule has 2 aromatic heterocycles. The van der Waals surface area contributed by atoms with Crippen molar-refractivity contribution in [3.8, 4) is 0 Å². The largest absolute Gasteiger partial charge is 0.347 e. The maximum Gasteiger partial charge on any atom is 0.254 e. The third kappa shape index (κ3) is 6.32. The summed E-state index contributed by atoms with van der Waals surface area (Å²) in [6.07, 6.45) is 10.5. The Balaban J connectivity index is 1.03. The van der Waals surface area contributed by atoms with Crippen molar-refractivity contribution < 1.29 is 9.18 Å². The first-order chi connectivity index (χ1) is 19.5. The third-order valence-corrected chi connectivity index (χ3v) is 8.41. The predicted octanol–water partition coefficient (Wildman–Crippen LogP) is 4.60. The van der Waals surface area contributed by atoms with E-state index in [0.29, 0.717) is 24.1 Å². The number of nitrogens with zero attached hydrogens (tertiary/aromatic N) is 5. The van der Waals surface area contributed by atoms with Gasteiger partial charge in [0.25, 0.3) is 5.91 Å². The summed E-state index contributed by atoms with van der Waals surface area (Å²) in [5, 5.41) is 0. The summed E-state index contributed by atoms with van der Waals surface area (Å²) >= 11 is 0. The molecule has 9 heteroatoms. The molecule has 0 saturated carbocycles. The lowest BCUT2D eigenvalue weighted by Gasteiger charge is -2.39. The van der Waals surface area contributed by atoms with E-state index in [4.69, 9.17) is 0 Å². The van der Waals surface area contributed by atoms with Gasteiger partial charge in [-0.25, -0.2) is 14.4 Å². The van der Waals surface area contributed by atoms with Gasteiger partial charge in [-0.15, -0.1) is 0 Å². The van der Waals surface area contributed by atoms with E-state index in [1.165, 1.54) is 30.9 Å². The molecule has 0 bridgehead atoms. The first-order valence-corrected chi connectivity index (χ1v) is 14.1. The molecule has 1 spiro atoms. The molecule has 0 atom stereocenters. The minimum atomic E-state index is -0.158. The first-order valence-electron chi connectivity index (χ1n) is 14.1. The highest BCUT2D eigenvalue weighted by molar-refractivity contribution is 5.94. The van der Waals surface area contributed by atoms with Gasteiger partial charge in [-0.2, -0.15) is 0 Å². The molecule has 1 amide bonds. The second kappa shape index (κ2) is 11.7. The van der Waals surface area contributed by atoms with Crippen LogP contribution in [0.3, 0.4) is 0 Å². The van der Waals surface area contributed by atoms with Crippen LogP contribution in [0.25, 0.3) is 0 Å². The highest BCUT2D eigenvalue weighted by atomic mass is 19.1. The van der Waals surface area contributed by atoms with Gasteiger partial charge in [-0.1, -0.05) is 24.3 Å². The Morgan fingerprint density at radius 3 is 2.08 bits per heavy atom. The minimum absolute atomic E-state index is 0.0514. The Morgan fingerprint density at radius 2 is 1.48 bits per heavy atom. The summed E-state index contributed by atoms with van der Waals surface area (Å²) in [5.41, 5.74) is 3.31. The van der Waals surface area contributed by atoms with Crippen LogP contribution in [-0.2, 0) is 26.2 Å². The molecule has 2 saturated heterocycles. The van der Waals surface area contributed by atoms with Gasteiger partial charge in [0.2, 0.25) is 0 Å². The lowest BCUT2D eigenvalue weighted by molar-refractivity contribution is 0.0721. The van der Waals surface area contributed by atoms with Crippen molar-refractivity contribution in [1.82, 2.24) is 34.6 Å². The van der Waals surface area contributed by atoms with E-state index in [1.54, 1.807) is 41.8 Å². The van der Waals surface area contributed by atoms with Crippen molar-refractivity contribution in [2.75, 3.05) is 26.2 Å².